The van der Waals surface area contributed by atoms with E-state index in [-0.39, 0.29) is 11.2 Å². The van der Waals surface area contributed by atoms with E-state index in [1.54, 1.807) is 0 Å². The Bertz CT molecular complexity index is 282. The molecule has 2 N–H and O–H groups in total. The number of hydrogen-bond donors (Lipinski definition) is 2. The molecule has 5 heteroatoms. The molecule has 3 rings (SSSR count). The van der Waals surface area contributed by atoms with Crippen molar-refractivity contribution in [2.75, 3.05) is 17.3 Å². The molecule has 1 amide bonds. The first-order valence-electron chi connectivity index (χ1n) is 6.57. The predicted octanol–water partition coefficient (Wildman–Crippen LogP) is 1.23. The second kappa shape index (κ2) is 5.41. The van der Waals surface area contributed by atoms with Crippen molar-refractivity contribution in [1.29, 1.82) is 0 Å². The highest BCUT2D eigenvalue weighted by molar-refractivity contribution is 8.07. The Hall–Kier alpha value is 0.130. The van der Waals surface area contributed by atoms with Crippen molar-refractivity contribution in [1.82, 2.24) is 10.6 Å². The van der Waals surface area contributed by atoms with Gasteiger partial charge in [0.05, 0.1) is 5.25 Å². The van der Waals surface area contributed by atoms with Crippen LogP contribution >= 0.6 is 23.5 Å². The van der Waals surface area contributed by atoms with Crippen LogP contribution in [0.3, 0.4) is 0 Å². The van der Waals surface area contributed by atoms with Gasteiger partial charge in [0.15, 0.2) is 0 Å². The molecular weight excluding hydrogens is 252 g/mol. The van der Waals surface area contributed by atoms with Crippen LogP contribution < -0.4 is 10.6 Å². The molecule has 17 heavy (non-hydrogen) atoms. The van der Waals surface area contributed by atoms with Crippen LogP contribution in [0, 0.1) is 0 Å². The Kier molecular flexibility index (Phi) is 3.87. The zero-order valence-corrected chi connectivity index (χ0v) is 11.6. The Morgan fingerprint density at radius 3 is 2.59 bits per heavy atom. The van der Waals surface area contributed by atoms with E-state index in [1.807, 2.05) is 23.5 Å². The van der Waals surface area contributed by atoms with E-state index in [4.69, 9.17) is 0 Å². The maximum absolute atomic E-state index is 12.1. The summed E-state index contributed by atoms with van der Waals surface area (Å²) in [4.78, 5) is 12.1. The standard InChI is InChI=1S/C12H20N2OS2/c15-12(11-7-16-3-4-17-11)14-10-5-8-1-2-9(6-10)13-8/h8-11,13H,1-7H2,(H,14,15). The summed E-state index contributed by atoms with van der Waals surface area (Å²) in [5.74, 6) is 3.61. The lowest BCUT2D eigenvalue weighted by Crippen LogP contribution is -2.50. The average molecular weight is 272 g/mol. The summed E-state index contributed by atoms with van der Waals surface area (Å²) < 4.78 is 0. The molecule has 0 aromatic carbocycles. The van der Waals surface area contributed by atoms with Crippen LogP contribution in [0.1, 0.15) is 25.7 Å². The Balaban J connectivity index is 1.50. The number of thioether (sulfide) groups is 2. The summed E-state index contributed by atoms with van der Waals surface area (Å²) in [6.45, 7) is 0. The quantitative estimate of drug-likeness (QED) is 0.793. The average Bonchev–Trinajstić information content (AvgIpc) is 2.70. The van der Waals surface area contributed by atoms with Crippen molar-refractivity contribution < 1.29 is 4.79 Å². The topological polar surface area (TPSA) is 41.1 Å². The van der Waals surface area contributed by atoms with Crippen molar-refractivity contribution in [3.8, 4) is 0 Å². The van der Waals surface area contributed by atoms with E-state index in [1.165, 1.54) is 18.6 Å². The van der Waals surface area contributed by atoms with E-state index in [2.05, 4.69) is 10.6 Å². The Labute approximate surface area is 111 Å². The fourth-order valence-corrected chi connectivity index (χ4v) is 5.67. The van der Waals surface area contributed by atoms with Crippen molar-refractivity contribution >= 4 is 29.4 Å². The number of fused-ring (bicyclic) bond motifs is 2. The van der Waals surface area contributed by atoms with Crippen LogP contribution in [0.5, 0.6) is 0 Å². The van der Waals surface area contributed by atoms with Gasteiger partial charge in [0.2, 0.25) is 5.91 Å². The number of hydrogen-bond acceptors (Lipinski definition) is 4. The summed E-state index contributed by atoms with van der Waals surface area (Å²) in [6.07, 6.45) is 4.86. The molecule has 3 aliphatic heterocycles. The van der Waals surface area contributed by atoms with Gasteiger partial charge >= 0.3 is 0 Å². The van der Waals surface area contributed by atoms with Gasteiger partial charge in [0.25, 0.3) is 0 Å². The molecular formula is C12H20N2OS2. The predicted molar refractivity (Wildman–Crippen MR) is 74.7 cm³/mol. The first-order valence-corrected chi connectivity index (χ1v) is 8.77. The second-order valence-corrected chi connectivity index (χ2v) is 7.71. The third kappa shape index (κ3) is 2.93. The molecule has 3 heterocycles. The molecule has 3 nitrogen and oxygen atoms in total. The molecule has 3 aliphatic rings. The van der Waals surface area contributed by atoms with Gasteiger partial charge in [-0.15, -0.1) is 11.8 Å². The molecule has 0 aliphatic carbocycles. The largest absolute Gasteiger partial charge is 0.352 e. The zero-order chi connectivity index (χ0) is 11.7. The summed E-state index contributed by atoms with van der Waals surface area (Å²) in [7, 11) is 0. The van der Waals surface area contributed by atoms with Crippen LogP contribution in [0.25, 0.3) is 0 Å². The second-order valence-electron chi connectivity index (χ2n) is 5.25. The third-order valence-electron chi connectivity index (χ3n) is 3.93. The molecule has 2 bridgehead atoms. The summed E-state index contributed by atoms with van der Waals surface area (Å²) in [5, 5.41) is 7.08. The van der Waals surface area contributed by atoms with Gasteiger partial charge in [-0.05, 0) is 25.7 Å². The lowest BCUT2D eigenvalue weighted by Gasteiger charge is -2.31. The van der Waals surface area contributed by atoms with Gasteiger partial charge in [0.1, 0.15) is 0 Å². The van der Waals surface area contributed by atoms with Gasteiger partial charge in [-0.25, -0.2) is 0 Å². The first kappa shape index (κ1) is 12.2. The first-order chi connectivity index (χ1) is 8.31. The molecule has 96 valence electrons. The van der Waals surface area contributed by atoms with Crippen molar-refractivity contribution in [3.05, 3.63) is 0 Å². The number of amides is 1. The van der Waals surface area contributed by atoms with Gasteiger partial charge < -0.3 is 10.6 Å². The monoisotopic (exact) mass is 272 g/mol. The molecule has 0 radical (unpaired) electrons. The van der Waals surface area contributed by atoms with Gasteiger partial charge in [-0.2, -0.15) is 11.8 Å². The smallest absolute Gasteiger partial charge is 0.234 e. The van der Waals surface area contributed by atoms with Crippen molar-refractivity contribution in [2.45, 2.75) is 49.1 Å². The number of nitrogens with one attached hydrogen (secondary N) is 2. The number of piperidine rings is 1. The van der Waals surface area contributed by atoms with Crippen molar-refractivity contribution in [3.63, 3.8) is 0 Å². The highest BCUT2D eigenvalue weighted by Crippen LogP contribution is 2.28. The molecule has 0 aromatic heterocycles. The third-order valence-corrected chi connectivity index (χ3v) is 6.68. The van der Waals surface area contributed by atoms with E-state index in [0.29, 0.717) is 18.1 Å². The van der Waals surface area contributed by atoms with Crippen LogP contribution in [0.15, 0.2) is 0 Å². The summed E-state index contributed by atoms with van der Waals surface area (Å²) in [5.41, 5.74) is 0. The normalized spacial score (nSPS) is 41.2. The van der Waals surface area contributed by atoms with E-state index < -0.39 is 0 Å². The minimum atomic E-state index is 0.196. The fraction of sp³-hybridized carbons (Fsp3) is 0.917. The van der Waals surface area contributed by atoms with Crippen LogP contribution in [-0.4, -0.2) is 46.5 Å². The van der Waals surface area contributed by atoms with Crippen LogP contribution in [0.2, 0.25) is 0 Å². The SMILES string of the molecule is O=C(NC1CC2CCC(C1)N2)C1CSCCS1. The molecule has 3 atom stereocenters. The van der Waals surface area contributed by atoms with Crippen LogP contribution in [-0.2, 0) is 4.79 Å². The minimum absolute atomic E-state index is 0.196. The van der Waals surface area contributed by atoms with E-state index in [0.717, 1.165) is 24.3 Å². The summed E-state index contributed by atoms with van der Waals surface area (Å²) in [6, 6.07) is 1.74. The highest BCUT2D eigenvalue weighted by Gasteiger charge is 2.35. The number of carbonyl (C=O) groups excluding carboxylic acids is 1. The maximum Gasteiger partial charge on any atom is 0.234 e. The molecule has 3 unspecified atom stereocenters. The molecule has 3 fully saturated rings. The molecule has 3 saturated heterocycles. The summed E-state index contributed by atoms with van der Waals surface area (Å²) >= 11 is 3.74. The van der Waals surface area contributed by atoms with Crippen LogP contribution in [0.4, 0.5) is 0 Å². The fourth-order valence-electron chi connectivity index (χ4n) is 3.11. The van der Waals surface area contributed by atoms with E-state index in [9.17, 15) is 4.79 Å². The highest BCUT2D eigenvalue weighted by atomic mass is 32.2. The molecule has 0 spiro atoms. The zero-order valence-electron chi connectivity index (χ0n) is 9.98. The maximum atomic E-state index is 12.1. The van der Waals surface area contributed by atoms with Gasteiger partial charge in [-0.1, -0.05) is 0 Å². The molecule has 0 saturated carbocycles. The Morgan fingerprint density at radius 1 is 1.18 bits per heavy atom. The number of carbonyl (C=O) groups is 1. The number of rotatable bonds is 2. The lowest BCUT2D eigenvalue weighted by atomic mass is 10.00. The van der Waals surface area contributed by atoms with Gasteiger partial charge in [-0.3, -0.25) is 4.79 Å². The van der Waals surface area contributed by atoms with Crippen molar-refractivity contribution in [2.24, 2.45) is 0 Å². The minimum Gasteiger partial charge on any atom is -0.352 e. The van der Waals surface area contributed by atoms with Gasteiger partial charge in [0, 0.05) is 35.4 Å². The molecule has 0 aromatic rings. The lowest BCUT2D eigenvalue weighted by molar-refractivity contribution is -0.121. The van der Waals surface area contributed by atoms with E-state index >= 15 is 0 Å². The Morgan fingerprint density at radius 2 is 1.94 bits per heavy atom.